The van der Waals surface area contributed by atoms with Crippen LogP contribution in [0.2, 0.25) is 0 Å². The number of carbonyl (C=O) groups excluding carboxylic acids is 2. The molecule has 1 aromatic rings. The van der Waals surface area contributed by atoms with Crippen LogP contribution in [0.15, 0.2) is 24.3 Å². The number of aliphatic carboxylic acids is 1. The summed E-state index contributed by atoms with van der Waals surface area (Å²) in [7, 11) is 0. The van der Waals surface area contributed by atoms with Gasteiger partial charge in [-0.2, -0.15) is 0 Å². The average molecular weight is 333 g/mol. The lowest BCUT2D eigenvalue weighted by Gasteiger charge is -2.28. The molecule has 5 heteroatoms. The lowest BCUT2D eigenvalue weighted by Crippen LogP contribution is -2.35. The number of rotatable bonds is 5. The van der Waals surface area contributed by atoms with E-state index in [2.05, 4.69) is 11.8 Å². The molecule has 24 heavy (non-hydrogen) atoms. The van der Waals surface area contributed by atoms with Crippen molar-refractivity contribution in [2.75, 3.05) is 19.6 Å². The van der Waals surface area contributed by atoms with Crippen molar-refractivity contribution in [2.24, 2.45) is 5.92 Å². The third-order valence-electron chi connectivity index (χ3n) is 4.07. The third kappa shape index (κ3) is 7.04. The molecular weight excluding hydrogens is 306 g/mol. The smallest absolute Gasteiger partial charge is 0.371 e. The van der Waals surface area contributed by atoms with Crippen molar-refractivity contribution in [3.05, 3.63) is 35.4 Å². The Balaban J connectivity index is 0.000000413. The molecule has 132 valence electrons. The summed E-state index contributed by atoms with van der Waals surface area (Å²) in [5.74, 6) is -1.82. The molecule has 1 aromatic carbocycles. The number of hydrogen-bond acceptors (Lipinski definition) is 4. The summed E-state index contributed by atoms with van der Waals surface area (Å²) in [6.45, 7) is 8.33. The molecule has 5 nitrogen and oxygen atoms in total. The first-order valence-electron chi connectivity index (χ1n) is 8.38. The maximum Gasteiger partial charge on any atom is 0.371 e. The lowest BCUT2D eigenvalue weighted by atomic mass is 9.97. The molecule has 1 aliphatic heterocycles. The van der Waals surface area contributed by atoms with Gasteiger partial charge in [0.05, 0.1) is 0 Å². The molecule has 0 bridgehead atoms. The van der Waals surface area contributed by atoms with Gasteiger partial charge in [-0.25, -0.2) is 4.79 Å². The van der Waals surface area contributed by atoms with Crippen molar-refractivity contribution in [2.45, 2.75) is 40.0 Å². The Morgan fingerprint density at radius 2 is 1.58 bits per heavy atom. The predicted molar refractivity (Wildman–Crippen MR) is 93.3 cm³/mol. The Labute approximate surface area is 143 Å². The van der Waals surface area contributed by atoms with E-state index in [0.29, 0.717) is 0 Å². The van der Waals surface area contributed by atoms with Crippen LogP contribution in [0.5, 0.6) is 0 Å². The van der Waals surface area contributed by atoms with Crippen molar-refractivity contribution < 1.29 is 19.5 Å². The van der Waals surface area contributed by atoms with Gasteiger partial charge in [0.15, 0.2) is 5.78 Å². The van der Waals surface area contributed by atoms with Crippen LogP contribution >= 0.6 is 0 Å². The zero-order chi connectivity index (χ0) is 18.1. The molecule has 0 spiro atoms. The van der Waals surface area contributed by atoms with E-state index in [0.717, 1.165) is 32.1 Å². The highest BCUT2D eigenvalue weighted by Gasteiger charge is 2.19. The van der Waals surface area contributed by atoms with Crippen LogP contribution in [0.25, 0.3) is 0 Å². The number of benzene rings is 1. The summed E-state index contributed by atoms with van der Waals surface area (Å²) in [6, 6.07) is 7.93. The Hall–Kier alpha value is -2.01. The van der Waals surface area contributed by atoms with Gasteiger partial charge in [0.2, 0.25) is 5.78 Å². The Morgan fingerprint density at radius 3 is 2.04 bits per heavy atom. The van der Waals surface area contributed by atoms with Crippen LogP contribution in [0.1, 0.15) is 49.0 Å². The largest absolute Gasteiger partial charge is 0.476 e. The number of nitrogens with zero attached hydrogens (tertiary/aromatic N) is 1. The number of carboxylic acid groups (broad SMARTS) is 1. The molecule has 0 amide bonds. The molecule has 1 fully saturated rings. The Morgan fingerprint density at radius 1 is 1.08 bits per heavy atom. The number of hydrogen-bond donors (Lipinski definition) is 1. The summed E-state index contributed by atoms with van der Waals surface area (Å²) in [6.07, 6.45) is 3.91. The lowest BCUT2D eigenvalue weighted by molar-refractivity contribution is -0.148. The second-order valence-electron chi connectivity index (χ2n) is 6.35. The first-order valence-corrected chi connectivity index (χ1v) is 8.38. The minimum atomic E-state index is -1.38. The quantitative estimate of drug-likeness (QED) is 0.662. The molecule has 1 N–H and O–H groups in total. The molecule has 2 rings (SSSR count). The second kappa shape index (κ2) is 9.98. The van der Waals surface area contributed by atoms with E-state index in [1.165, 1.54) is 24.8 Å². The van der Waals surface area contributed by atoms with E-state index >= 15 is 0 Å². The summed E-state index contributed by atoms with van der Waals surface area (Å²) in [5.41, 5.74) is 2.06. The molecule has 0 radical (unpaired) electrons. The molecule has 0 saturated carbocycles. The van der Waals surface area contributed by atoms with Crippen LogP contribution in [-0.4, -0.2) is 47.2 Å². The maximum absolute atomic E-state index is 12.3. The maximum atomic E-state index is 12.3. The zero-order valence-corrected chi connectivity index (χ0v) is 14.7. The summed E-state index contributed by atoms with van der Waals surface area (Å²) >= 11 is 0. The SMILES string of the molecule is CC(=O)C(=O)O.Cc1ccc(C(=O)[C@@H](C)CN2CCCCC2)cc1. The summed E-state index contributed by atoms with van der Waals surface area (Å²) in [5, 5.41) is 7.64. The van der Waals surface area contributed by atoms with Crippen molar-refractivity contribution in [3.63, 3.8) is 0 Å². The van der Waals surface area contributed by atoms with Crippen LogP contribution < -0.4 is 0 Å². The van der Waals surface area contributed by atoms with Crippen molar-refractivity contribution >= 4 is 17.5 Å². The van der Waals surface area contributed by atoms with Crippen molar-refractivity contribution in [3.8, 4) is 0 Å². The number of carboxylic acids is 1. The molecule has 1 aliphatic rings. The minimum Gasteiger partial charge on any atom is -0.476 e. The highest BCUT2D eigenvalue weighted by molar-refractivity contribution is 6.31. The fourth-order valence-corrected chi connectivity index (χ4v) is 2.61. The van der Waals surface area contributed by atoms with E-state index in [1.54, 1.807) is 0 Å². The fourth-order valence-electron chi connectivity index (χ4n) is 2.61. The van der Waals surface area contributed by atoms with Gasteiger partial charge >= 0.3 is 5.97 Å². The second-order valence-corrected chi connectivity index (χ2v) is 6.35. The molecule has 1 atom stereocenters. The molecule has 1 heterocycles. The number of Topliss-reactive ketones (excluding diaryl/α,β-unsaturated/α-hetero) is 2. The predicted octanol–water partition coefficient (Wildman–Crippen LogP) is 2.96. The molecule has 0 aliphatic carbocycles. The number of carbonyl (C=O) groups is 3. The normalized spacial score (nSPS) is 15.8. The minimum absolute atomic E-state index is 0.103. The Kier molecular flexibility index (Phi) is 8.33. The van der Waals surface area contributed by atoms with Gasteiger partial charge in [0, 0.05) is 24.9 Å². The topological polar surface area (TPSA) is 74.7 Å². The van der Waals surface area contributed by atoms with E-state index in [-0.39, 0.29) is 11.7 Å². The van der Waals surface area contributed by atoms with Gasteiger partial charge in [0.25, 0.3) is 0 Å². The standard InChI is InChI=1S/C16H23NO.C3H4O3/c1-13-6-8-15(9-7-13)16(18)14(2)12-17-10-4-3-5-11-17;1-2(4)3(5)6/h6-9,14H,3-5,10-12H2,1-2H3;1H3,(H,5,6)/t14-;/m0./s1. The van der Waals surface area contributed by atoms with Crippen molar-refractivity contribution in [1.82, 2.24) is 4.90 Å². The Bertz CT molecular complexity index is 547. The van der Waals surface area contributed by atoms with Crippen LogP contribution in [0, 0.1) is 12.8 Å². The van der Waals surface area contributed by atoms with Gasteiger partial charge in [-0.15, -0.1) is 0 Å². The summed E-state index contributed by atoms with van der Waals surface area (Å²) < 4.78 is 0. The zero-order valence-electron chi connectivity index (χ0n) is 14.7. The van der Waals surface area contributed by atoms with Gasteiger partial charge in [-0.05, 0) is 32.9 Å². The van der Waals surface area contributed by atoms with E-state index in [4.69, 9.17) is 5.11 Å². The number of likely N-dealkylation sites (tertiary alicyclic amines) is 1. The van der Waals surface area contributed by atoms with E-state index in [1.807, 2.05) is 31.2 Å². The monoisotopic (exact) mass is 333 g/mol. The number of aryl methyl sites for hydroxylation is 1. The first-order chi connectivity index (χ1) is 11.3. The highest BCUT2D eigenvalue weighted by Crippen LogP contribution is 2.15. The summed E-state index contributed by atoms with van der Waals surface area (Å²) in [4.78, 5) is 33.6. The number of ketones is 2. The molecule has 1 saturated heterocycles. The fraction of sp³-hybridized carbons (Fsp3) is 0.526. The molecular formula is C19H27NO4. The molecule has 0 unspecified atom stereocenters. The third-order valence-corrected chi connectivity index (χ3v) is 4.07. The van der Waals surface area contributed by atoms with E-state index < -0.39 is 11.8 Å². The van der Waals surface area contributed by atoms with Crippen molar-refractivity contribution in [1.29, 1.82) is 0 Å². The highest BCUT2D eigenvalue weighted by atomic mass is 16.4. The van der Waals surface area contributed by atoms with Gasteiger partial charge < -0.3 is 10.0 Å². The first kappa shape index (κ1) is 20.0. The molecule has 0 aromatic heterocycles. The van der Waals surface area contributed by atoms with Gasteiger partial charge in [0.1, 0.15) is 0 Å². The van der Waals surface area contributed by atoms with Gasteiger partial charge in [-0.1, -0.05) is 43.2 Å². The van der Waals surface area contributed by atoms with Gasteiger partial charge in [-0.3, -0.25) is 9.59 Å². The van der Waals surface area contributed by atoms with Crippen LogP contribution in [-0.2, 0) is 9.59 Å². The average Bonchev–Trinajstić information content (AvgIpc) is 2.56. The number of piperidine rings is 1. The van der Waals surface area contributed by atoms with Crippen LogP contribution in [0.3, 0.4) is 0 Å². The van der Waals surface area contributed by atoms with E-state index in [9.17, 15) is 14.4 Å². The van der Waals surface area contributed by atoms with Crippen LogP contribution in [0.4, 0.5) is 0 Å².